The molecular formula is C22H23FN6O2. The number of fused-ring (bicyclic) bond motifs is 2. The topological polar surface area (TPSA) is 90.0 Å². The van der Waals surface area contributed by atoms with Crippen LogP contribution in [0.3, 0.4) is 0 Å². The van der Waals surface area contributed by atoms with Gasteiger partial charge in [-0.05, 0) is 36.8 Å². The van der Waals surface area contributed by atoms with Gasteiger partial charge in [-0.3, -0.25) is 19.4 Å². The van der Waals surface area contributed by atoms with E-state index in [1.54, 1.807) is 25.3 Å². The van der Waals surface area contributed by atoms with Gasteiger partial charge in [-0.25, -0.2) is 9.18 Å². The van der Waals surface area contributed by atoms with Gasteiger partial charge in [0.25, 0.3) is 5.56 Å². The fourth-order valence-corrected chi connectivity index (χ4v) is 4.29. The molecule has 2 aromatic heterocycles. The van der Waals surface area contributed by atoms with Crippen LogP contribution >= 0.6 is 0 Å². The second kappa shape index (κ2) is 7.66. The van der Waals surface area contributed by atoms with Crippen molar-refractivity contribution in [2.45, 2.75) is 20.0 Å². The van der Waals surface area contributed by atoms with Crippen LogP contribution in [0.1, 0.15) is 12.5 Å². The highest BCUT2D eigenvalue weighted by Gasteiger charge is 2.19. The Bertz CT molecular complexity index is 1380. The molecule has 0 saturated carbocycles. The van der Waals surface area contributed by atoms with Gasteiger partial charge >= 0.3 is 5.69 Å². The lowest BCUT2D eigenvalue weighted by Gasteiger charge is -2.36. The molecule has 1 saturated heterocycles. The molecule has 0 amide bonds. The lowest BCUT2D eigenvalue weighted by molar-refractivity contribution is 0.250. The van der Waals surface area contributed by atoms with Gasteiger partial charge in [-0.1, -0.05) is 6.07 Å². The molecule has 0 bridgehead atoms. The number of benzene rings is 2. The average Bonchev–Trinajstić information content (AvgIpc) is 3.24. The van der Waals surface area contributed by atoms with Gasteiger partial charge in [0.05, 0.1) is 17.1 Å². The van der Waals surface area contributed by atoms with Crippen molar-refractivity contribution in [2.75, 3.05) is 31.1 Å². The summed E-state index contributed by atoms with van der Waals surface area (Å²) in [5, 5.41) is 7.89. The minimum atomic E-state index is -0.382. The highest BCUT2D eigenvalue weighted by molar-refractivity contribution is 5.82. The summed E-state index contributed by atoms with van der Waals surface area (Å²) >= 11 is 0. The van der Waals surface area contributed by atoms with E-state index in [9.17, 15) is 14.0 Å². The van der Waals surface area contributed by atoms with Crippen molar-refractivity contribution in [3.05, 3.63) is 68.7 Å². The minimum absolute atomic E-state index is 0.261. The maximum atomic E-state index is 14.3. The van der Waals surface area contributed by atoms with Crippen molar-refractivity contribution in [1.82, 2.24) is 24.6 Å². The molecule has 0 aliphatic carbocycles. The van der Waals surface area contributed by atoms with E-state index < -0.39 is 0 Å². The van der Waals surface area contributed by atoms with Crippen LogP contribution in [0.4, 0.5) is 10.1 Å². The Hall–Kier alpha value is -3.46. The zero-order valence-corrected chi connectivity index (χ0v) is 17.2. The van der Waals surface area contributed by atoms with Crippen molar-refractivity contribution in [3.63, 3.8) is 0 Å². The molecule has 5 rings (SSSR count). The van der Waals surface area contributed by atoms with Crippen LogP contribution in [0.25, 0.3) is 21.8 Å². The van der Waals surface area contributed by atoms with Crippen molar-refractivity contribution in [2.24, 2.45) is 0 Å². The highest BCUT2D eigenvalue weighted by Crippen LogP contribution is 2.25. The third-order valence-corrected chi connectivity index (χ3v) is 5.99. The van der Waals surface area contributed by atoms with Crippen molar-refractivity contribution >= 4 is 27.5 Å². The van der Waals surface area contributed by atoms with Crippen LogP contribution in [-0.2, 0) is 13.1 Å². The zero-order valence-electron chi connectivity index (χ0n) is 17.2. The molecule has 8 nitrogen and oxygen atoms in total. The first-order valence-electron chi connectivity index (χ1n) is 10.4. The molecule has 2 N–H and O–H groups in total. The molecule has 1 aliphatic rings. The maximum absolute atomic E-state index is 14.3. The average molecular weight is 422 g/mol. The Labute approximate surface area is 176 Å². The van der Waals surface area contributed by atoms with Crippen LogP contribution in [0.15, 0.2) is 46.1 Å². The van der Waals surface area contributed by atoms with E-state index in [0.717, 1.165) is 49.4 Å². The van der Waals surface area contributed by atoms with E-state index >= 15 is 0 Å². The number of halogens is 1. The lowest BCUT2D eigenvalue weighted by Crippen LogP contribution is -2.46. The van der Waals surface area contributed by atoms with E-state index in [1.807, 2.05) is 18.2 Å². The Morgan fingerprint density at radius 2 is 1.90 bits per heavy atom. The molecule has 1 aliphatic heterocycles. The second-order valence-corrected chi connectivity index (χ2v) is 7.88. The van der Waals surface area contributed by atoms with Crippen molar-refractivity contribution < 1.29 is 4.39 Å². The molecule has 0 spiro atoms. The van der Waals surface area contributed by atoms with Crippen LogP contribution in [0.5, 0.6) is 0 Å². The third-order valence-electron chi connectivity index (χ3n) is 5.99. The summed E-state index contributed by atoms with van der Waals surface area (Å²) in [7, 11) is 0. The second-order valence-electron chi connectivity index (χ2n) is 7.88. The van der Waals surface area contributed by atoms with Crippen molar-refractivity contribution in [1.29, 1.82) is 0 Å². The van der Waals surface area contributed by atoms with E-state index in [1.165, 1.54) is 4.57 Å². The SMILES string of the molecule is CCn1c(=O)[nH]c2cc(CN3CCN(c4cc(F)c5[nH]ncc5c4)CC3)ccc2c1=O. The van der Waals surface area contributed by atoms with E-state index in [2.05, 4.69) is 25.0 Å². The number of hydrogen-bond donors (Lipinski definition) is 2. The Balaban J connectivity index is 1.30. The first kappa shape index (κ1) is 19.5. The lowest BCUT2D eigenvalue weighted by atomic mass is 10.1. The van der Waals surface area contributed by atoms with Gasteiger partial charge in [0.1, 0.15) is 5.52 Å². The van der Waals surface area contributed by atoms with Gasteiger partial charge in [0, 0.05) is 50.3 Å². The number of nitrogens with zero attached hydrogens (tertiary/aromatic N) is 4. The van der Waals surface area contributed by atoms with Crippen LogP contribution in [0.2, 0.25) is 0 Å². The maximum Gasteiger partial charge on any atom is 0.328 e. The summed E-state index contributed by atoms with van der Waals surface area (Å²) in [6, 6.07) is 9.12. The molecule has 2 aromatic carbocycles. The third kappa shape index (κ3) is 3.50. The molecule has 4 aromatic rings. The van der Waals surface area contributed by atoms with E-state index in [-0.39, 0.29) is 17.1 Å². The van der Waals surface area contributed by atoms with Gasteiger partial charge in [0.15, 0.2) is 5.82 Å². The molecule has 9 heteroatoms. The smallest absolute Gasteiger partial charge is 0.328 e. The first-order valence-corrected chi connectivity index (χ1v) is 10.4. The van der Waals surface area contributed by atoms with Crippen LogP contribution < -0.4 is 16.1 Å². The fraction of sp³-hybridized carbons (Fsp3) is 0.318. The predicted molar refractivity (Wildman–Crippen MR) is 118 cm³/mol. The minimum Gasteiger partial charge on any atom is -0.369 e. The van der Waals surface area contributed by atoms with Crippen LogP contribution in [0, 0.1) is 5.82 Å². The number of aromatic amines is 2. The molecule has 3 heterocycles. The highest BCUT2D eigenvalue weighted by atomic mass is 19.1. The van der Waals surface area contributed by atoms with Crippen LogP contribution in [-0.4, -0.2) is 50.8 Å². The summed E-state index contributed by atoms with van der Waals surface area (Å²) in [6.07, 6.45) is 1.64. The Morgan fingerprint density at radius 3 is 2.68 bits per heavy atom. The number of anilines is 1. The molecule has 31 heavy (non-hydrogen) atoms. The standard InChI is InChI=1S/C22H23FN6O2/c1-2-29-21(30)17-4-3-14(9-19(17)25-22(29)31)13-27-5-7-28(8-6-27)16-10-15-12-24-26-20(15)18(23)11-16/h3-4,9-12H,2,5-8,13H2,1H3,(H,24,26)(H,25,31). The van der Waals surface area contributed by atoms with Gasteiger partial charge in [0.2, 0.25) is 0 Å². The quantitative estimate of drug-likeness (QED) is 0.525. The van der Waals surface area contributed by atoms with Crippen molar-refractivity contribution in [3.8, 4) is 0 Å². The summed E-state index contributed by atoms with van der Waals surface area (Å²) in [5.41, 5.74) is 2.26. The number of piperazine rings is 1. The number of hydrogen-bond acceptors (Lipinski definition) is 5. The van der Waals surface area contributed by atoms with E-state index in [4.69, 9.17) is 0 Å². The molecular weight excluding hydrogens is 399 g/mol. The summed E-state index contributed by atoms with van der Waals surface area (Å²) < 4.78 is 15.5. The van der Waals surface area contributed by atoms with Gasteiger partial charge in [-0.15, -0.1) is 0 Å². The summed E-state index contributed by atoms with van der Waals surface area (Å²) in [4.78, 5) is 31.8. The number of rotatable bonds is 4. The molecule has 0 unspecified atom stereocenters. The van der Waals surface area contributed by atoms with E-state index in [0.29, 0.717) is 23.0 Å². The molecule has 160 valence electrons. The number of H-pyrrole nitrogens is 2. The molecule has 0 radical (unpaired) electrons. The predicted octanol–water partition coefficient (Wildman–Crippen LogP) is 2.05. The molecule has 0 atom stereocenters. The molecule has 1 fully saturated rings. The Kier molecular flexibility index (Phi) is 4.82. The fourth-order valence-electron chi connectivity index (χ4n) is 4.29. The number of aromatic nitrogens is 4. The first-order chi connectivity index (χ1) is 15.0. The summed E-state index contributed by atoms with van der Waals surface area (Å²) in [6.45, 7) is 6.07. The summed E-state index contributed by atoms with van der Waals surface area (Å²) in [5.74, 6) is -0.292. The number of nitrogens with one attached hydrogen (secondary N) is 2. The van der Waals surface area contributed by atoms with Gasteiger partial charge in [-0.2, -0.15) is 5.10 Å². The normalized spacial score (nSPS) is 15.2. The largest absolute Gasteiger partial charge is 0.369 e. The Morgan fingerprint density at radius 1 is 1.10 bits per heavy atom. The van der Waals surface area contributed by atoms with Gasteiger partial charge < -0.3 is 9.88 Å². The monoisotopic (exact) mass is 422 g/mol. The zero-order chi connectivity index (χ0) is 21.5.